The number of amides is 1. The van der Waals surface area contributed by atoms with Crippen LogP contribution >= 0.6 is 0 Å². The lowest BCUT2D eigenvalue weighted by Crippen LogP contribution is -2.29. The quantitative estimate of drug-likeness (QED) is 0.623. The van der Waals surface area contributed by atoms with E-state index in [4.69, 9.17) is 0 Å². The number of nitrogens with one attached hydrogen (secondary N) is 1. The van der Waals surface area contributed by atoms with E-state index >= 15 is 0 Å². The third-order valence-electron chi connectivity index (χ3n) is 5.38. The molecule has 6 nitrogen and oxygen atoms in total. The van der Waals surface area contributed by atoms with Crippen molar-refractivity contribution in [2.45, 2.75) is 43.5 Å². The average molecular weight is 450 g/mol. The van der Waals surface area contributed by atoms with Crippen LogP contribution in [0, 0.1) is 11.6 Å². The zero-order valence-corrected chi connectivity index (χ0v) is 18.3. The molecule has 1 amide bonds. The summed E-state index contributed by atoms with van der Waals surface area (Å²) >= 11 is 0. The van der Waals surface area contributed by atoms with Crippen LogP contribution in [0.5, 0.6) is 0 Å². The number of amidine groups is 1. The highest BCUT2D eigenvalue weighted by molar-refractivity contribution is 7.90. The van der Waals surface area contributed by atoms with Crippen LogP contribution in [0.1, 0.15) is 49.8 Å². The Morgan fingerprint density at radius 2 is 1.84 bits per heavy atom. The van der Waals surface area contributed by atoms with Gasteiger partial charge in [-0.15, -0.1) is 0 Å². The number of aliphatic imine (C=N–C) groups is 1. The van der Waals surface area contributed by atoms with Crippen LogP contribution in [-0.2, 0) is 14.8 Å². The summed E-state index contributed by atoms with van der Waals surface area (Å²) in [6, 6.07) is 9.97. The number of hydrogen-bond donors (Lipinski definition) is 1. The fraction of sp³-hybridized carbons (Fsp3) is 0.364. The minimum atomic E-state index is -3.53. The predicted molar refractivity (Wildman–Crippen MR) is 114 cm³/mol. The van der Waals surface area contributed by atoms with Crippen molar-refractivity contribution in [3.8, 4) is 0 Å². The number of carbonyl (C=O) groups excluding carboxylic acids is 1. The van der Waals surface area contributed by atoms with Gasteiger partial charge in [-0.3, -0.25) is 14.5 Å². The SMILES string of the molecule is CC(c1ccc(F)c(F)c1)N(C)C(=O)CCCCCN=C1NS(=O)(=O)c2ccccc21. The van der Waals surface area contributed by atoms with E-state index in [-0.39, 0.29) is 16.8 Å². The number of sulfonamides is 1. The molecule has 1 N–H and O–H groups in total. The molecule has 1 aliphatic rings. The zero-order valence-electron chi connectivity index (χ0n) is 17.4. The van der Waals surface area contributed by atoms with E-state index in [9.17, 15) is 22.0 Å². The lowest BCUT2D eigenvalue weighted by molar-refractivity contribution is -0.131. The van der Waals surface area contributed by atoms with E-state index in [1.807, 2.05) is 0 Å². The molecule has 0 aliphatic carbocycles. The molecular weight excluding hydrogens is 424 g/mol. The van der Waals surface area contributed by atoms with Crippen molar-refractivity contribution in [3.05, 3.63) is 65.2 Å². The van der Waals surface area contributed by atoms with E-state index in [1.54, 1.807) is 38.2 Å². The Morgan fingerprint density at radius 3 is 2.58 bits per heavy atom. The van der Waals surface area contributed by atoms with Crippen molar-refractivity contribution < 1.29 is 22.0 Å². The minimum Gasteiger partial charge on any atom is -0.339 e. The van der Waals surface area contributed by atoms with Crippen molar-refractivity contribution in [2.24, 2.45) is 4.99 Å². The molecule has 2 aromatic rings. The summed E-state index contributed by atoms with van der Waals surface area (Å²) in [6.45, 7) is 2.21. The molecule has 0 bridgehead atoms. The smallest absolute Gasteiger partial charge is 0.263 e. The lowest BCUT2D eigenvalue weighted by atomic mass is 10.1. The van der Waals surface area contributed by atoms with E-state index < -0.39 is 21.7 Å². The van der Waals surface area contributed by atoms with Gasteiger partial charge in [0.05, 0.1) is 10.9 Å². The first kappa shape index (κ1) is 22.9. The van der Waals surface area contributed by atoms with Gasteiger partial charge in [-0.1, -0.05) is 24.6 Å². The number of halogens is 2. The maximum atomic E-state index is 13.4. The number of fused-ring (bicyclic) bond motifs is 1. The monoisotopic (exact) mass is 449 g/mol. The summed E-state index contributed by atoms with van der Waals surface area (Å²) in [5.74, 6) is -1.57. The fourth-order valence-electron chi connectivity index (χ4n) is 3.40. The molecule has 2 aromatic carbocycles. The summed E-state index contributed by atoms with van der Waals surface area (Å²) < 4.78 is 53.1. The van der Waals surface area contributed by atoms with Crippen molar-refractivity contribution in [3.63, 3.8) is 0 Å². The second-order valence-electron chi connectivity index (χ2n) is 7.50. The zero-order chi connectivity index (χ0) is 22.6. The van der Waals surface area contributed by atoms with Crippen LogP contribution in [0.4, 0.5) is 8.78 Å². The number of hydrogen-bond acceptors (Lipinski definition) is 4. The Hall–Kier alpha value is -2.81. The second kappa shape index (κ2) is 9.55. The Labute approximate surface area is 181 Å². The minimum absolute atomic E-state index is 0.0824. The molecule has 0 fully saturated rings. The first-order valence-corrected chi connectivity index (χ1v) is 11.6. The number of carbonyl (C=O) groups is 1. The largest absolute Gasteiger partial charge is 0.339 e. The van der Waals surface area contributed by atoms with Crippen LogP contribution in [0.2, 0.25) is 0 Å². The van der Waals surface area contributed by atoms with Crippen LogP contribution in [-0.4, -0.2) is 38.7 Å². The predicted octanol–water partition coefficient (Wildman–Crippen LogP) is 3.78. The van der Waals surface area contributed by atoms with Gasteiger partial charge in [0, 0.05) is 25.6 Å². The van der Waals surface area contributed by atoms with Crippen LogP contribution in [0.25, 0.3) is 0 Å². The number of unbranched alkanes of at least 4 members (excludes halogenated alkanes) is 2. The summed E-state index contributed by atoms with van der Waals surface area (Å²) in [6.07, 6.45) is 2.45. The van der Waals surface area contributed by atoms with E-state index in [0.29, 0.717) is 42.8 Å². The molecule has 1 aliphatic heterocycles. The maximum Gasteiger partial charge on any atom is 0.263 e. The number of nitrogens with zero attached hydrogens (tertiary/aromatic N) is 2. The third-order valence-corrected chi connectivity index (χ3v) is 6.78. The van der Waals surface area contributed by atoms with Crippen molar-refractivity contribution in [2.75, 3.05) is 13.6 Å². The van der Waals surface area contributed by atoms with Crippen LogP contribution in [0.3, 0.4) is 0 Å². The summed E-state index contributed by atoms with van der Waals surface area (Å²) in [4.78, 5) is 18.5. The first-order chi connectivity index (χ1) is 14.7. The van der Waals surface area contributed by atoms with Crippen LogP contribution < -0.4 is 4.72 Å². The number of benzene rings is 2. The van der Waals surface area contributed by atoms with Gasteiger partial charge in [-0.05, 0) is 49.6 Å². The second-order valence-corrected chi connectivity index (χ2v) is 9.15. The molecule has 0 radical (unpaired) electrons. The Morgan fingerprint density at radius 1 is 1.10 bits per heavy atom. The fourth-order valence-corrected chi connectivity index (χ4v) is 4.65. The molecule has 1 unspecified atom stereocenters. The molecule has 1 atom stereocenters. The van der Waals surface area contributed by atoms with Crippen molar-refractivity contribution >= 4 is 21.8 Å². The summed E-state index contributed by atoms with van der Waals surface area (Å²) in [5.41, 5.74) is 1.11. The first-order valence-electron chi connectivity index (χ1n) is 10.1. The van der Waals surface area contributed by atoms with Gasteiger partial charge in [0.15, 0.2) is 11.6 Å². The molecule has 166 valence electrons. The van der Waals surface area contributed by atoms with E-state index in [1.165, 1.54) is 11.0 Å². The summed E-state index contributed by atoms with van der Waals surface area (Å²) in [7, 11) is -1.89. The molecule has 0 saturated heterocycles. The molecule has 31 heavy (non-hydrogen) atoms. The highest BCUT2D eigenvalue weighted by atomic mass is 32.2. The van der Waals surface area contributed by atoms with E-state index in [0.717, 1.165) is 18.6 Å². The van der Waals surface area contributed by atoms with Gasteiger partial charge in [0.1, 0.15) is 5.84 Å². The van der Waals surface area contributed by atoms with Crippen molar-refractivity contribution in [1.29, 1.82) is 0 Å². The maximum absolute atomic E-state index is 13.4. The topological polar surface area (TPSA) is 78.8 Å². The molecule has 1 heterocycles. The Balaban J connectivity index is 1.44. The lowest BCUT2D eigenvalue weighted by Gasteiger charge is -2.25. The molecule has 0 saturated carbocycles. The molecular formula is C22H25F2N3O3S. The van der Waals surface area contributed by atoms with Gasteiger partial charge in [0.25, 0.3) is 10.0 Å². The van der Waals surface area contributed by atoms with Gasteiger partial charge < -0.3 is 4.90 Å². The Bertz CT molecular complexity index is 1100. The molecule has 3 rings (SSSR count). The van der Waals surface area contributed by atoms with Gasteiger partial charge >= 0.3 is 0 Å². The highest BCUT2D eigenvalue weighted by Gasteiger charge is 2.29. The standard InChI is InChI=1S/C22H25F2N3O3S/c1-15(16-11-12-18(23)19(24)14-16)27(2)21(28)10-4-3-7-13-25-22-17-8-5-6-9-20(17)31(29,30)26-22/h5-6,8-9,11-12,14-15H,3-4,7,10,13H2,1-2H3,(H,25,26). The molecule has 0 aromatic heterocycles. The normalized spacial score (nSPS) is 16.6. The third kappa shape index (κ3) is 5.28. The molecule has 9 heteroatoms. The van der Waals surface area contributed by atoms with Gasteiger partial charge in [-0.25, -0.2) is 17.2 Å². The van der Waals surface area contributed by atoms with Gasteiger partial charge in [0.2, 0.25) is 5.91 Å². The van der Waals surface area contributed by atoms with Crippen LogP contribution in [0.15, 0.2) is 52.4 Å². The average Bonchev–Trinajstić information content (AvgIpc) is 3.01. The molecule has 0 spiro atoms. The highest BCUT2D eigenvalue weighted by Crippen LogP contribution is 2.23. The number of rotatable bonds is 8. The van der Waals surface area contributed by atoms with Gasteiger partial charge in [-0.2, -0.15) is 0 Å². The van der Waals surface area contributed by atoms with Crippen molar-refractivity contribution in [1.82, 2.24) is 9.62 Å². The Kier molecular flexibility index (Phi) is 7.04. The summed E-state index contributed by atoms with van der Waals surface area (Å²) in [5, 5.41) is 0. The van der Waals surface area contributed by atoms with E-state index in [2.05, 4.69) is 9.71 Å².